The number of nitrogens with zero attached hydrogens (tertiary/aromatic N) is 1. The topological polar surface area (TPSA) is 94.6 Å². The van der Waals surface area contributed by atoms with E-state index in [0.717, 1.165) is 36.9 Å². The van der Waals surface area contributed by atoms with Gasteiger partial charge in [0.05, 0.1) is 30.9 Å². The second-order valence-corrected chi connectivity index (χ2v) is 10.9. The van der Waals surface area contributed by atoms with Gasteiger partial charge in [0.15, 0.2) is 16.6 Å². The number of thioether (sulfide) groups is 1. The third kappa shape index (κ3) is 13.7. The Morgan fingerprint density at radius 3 is 2.35 bits per heavy atom. The summed E-state index contributed by atoms with van der Waals surface area (Å²) >= 11 is 1.11. The first-order valence-electron chi connectivity index (χ1n) is 14.3. The third-order valence-corrected chi connectivity index (χ3v) is 7.46. The van der Waals surface area contributed by atoms with E-state index in [-0.39, 0.29) is 28.1 Å². The van der Waals surface area contributed by atoms with E-state index in [1.54, 1.807) is 31.2 Å². The zero-order chi connectivity index (χ0) is 32.4. The van der Waals surface area contributed by atoms with Gasteiger partial charge in [-0.2, -0.15) is 18.4 Å². The third-order valence-electron chi connectivity index (χ3n) is 6.17. The molecule has 0 aliphatic rings. The van der Waals surface area contributed by atoms with Crippen molar-refractivity contribution in [1.29, 1.82) is 5.26 Å². The van der Waals surface area contributed by atoms with Gasteiger partial charge in [-0.3, -0.25) is 4.79 Å². The maximum Gasteiger partial charge on any atom is 0.420 e. The molecule has 6 nitrogen and oxygen atoms in total. The van der Waals surface area contributed by atoms with Gasteiger partial charge in [-0.05, 0) is 67.3 Å². The smallest absolute Gasteiger partial charge is 0.420 e. The molecule has 0 fully saturated rings. The molecule has 0 heterocycles. The van der Waals surface area contributed by atoms with Crippen molar-refractivity contribution in [3.8, 4) is 23.3 Å². The molecule has 43 heavy (non-hydrogen) atoms. The number of carbonyl (C=O) groups is 1. The van der Waals surface area contributed by atoms with Crippen LogP contribution in [0.3, 0.4) is 0 Å². The fourth-order valence-corrected chi connectivity index (χ4v) is 4.42. The van der Waals surface area contributed by atoms with Crippen LogP contribution in [0.4, 0.5) is 13.2 Å². The van der Waals surface area contributed by atoms with Crippen molar-refractivity contribution in [2.24, 2.45) is 11.7 Å². The number of hydrogen-bond donors (Lipinski definition) is 1. The van der Waals surface area contributed by atoms with Crippen LogP contribution in [-0.2, 0) is 15.7 Å². The summed E-state index contributed by atoms with van der Waals surface area (Å²) in [6.07, 6.45) is 2.89. The highest BCUT2D eigenvalue weighted by Gasteiger charge is 2.35. The van der Waals surface area contributed by atoms with E-state index in [1.165, 1.54) is 44.9 Å². The van der Waals surface area contributed by atoms with Crippen LogP contribution in [-0.4, -0.2) is 32.0 Å². The molecule has 0 amide bonds. The van der Waals surface area contributed by atoms with Crippen molar-refractivity contribution in [2.75, 3.05) is 26.9 Å². The number of nitriles is 1. The number of nitrogens with two attached hydrogens (primary N) is 1. The summed E-state index contributed by atoms with van der Waals surface area (Å²) in [5.74, 6) is -0.260. The van der Waals surface area contributed by atoms with Crippen LogP contribution in [0.1, 0.15) is 76.5 Å². The standard InChI is InChI=1S/C25H24F3NO3S.C8H19NO/c1-6-16(4)24(30)33-23(15(2)3)13-17-7-10-21(22(12-17)31-5)32-20-9-8-18(14-29)11-19(20)25(26,27)28;1-2-3-4-5-7-10-8-6-9/h7-13,16H,2,6H2,1,3-5H3;2-9H2,1H3/b23-13-;. The zero-order valence-electron chi connectivity index (χ0n) is 25.7. The Bertz CT molecular complexity index is 1250. The maximum absolute atomic E-state index is 13.5. The number of alkyl halides is 3. The number of ether oxygens (including phenoxy) is 3. The van der Waals surface area contributed by atoms with Crippen LogP contribution >= 0.6 is 11.8 Å². The average Bonchev–Trinajstić information content (AvgIpc) is 2.98. The predicted octanol–water partition coefficient (Wildman–Crippen LogP) is 9.14. The molecule has 236 valence electrons. The Morgan fingerprint density at radius 2 is 1.79 bits per heavy atom. The van der Waals surface area contributed by atoms with Crippen molar-refractivity contribution < 1.29 is 32.2 Å². The summed E-state index contributed by atoms with van der Waals surface area (Å²) in [5.41, 5.74) is 5.44. The van der Waals surface area contributed by atoms with E-state index < -0.39 is 17.5 Å². The lowest BCUT2D eigenvalue weighted by Crippen LogP contribution is -2.08. The van der Waals surface area contributed by atoms with Crippen LogP contribution in [0, 0.1) is 17.2 Å². The fourth-order valence-electron chi connectivity index (χ4n) is 3.47. The summed E-state index contributed by atoms with van der Waals surface area (Å²) in [7, 11) is 1.38. The van der Waals surface area contributed by atoms with Crippen LogP contribution in [0.25, 0.3) is 6.08 Å². The number of hydrogen-bond acceptors (Lipinski definition) is 7. The maximum atomic E-state index is 13.5. The van der Waals surface area contributed by atoms with Crippen molar-refractivity contribution in [3.63, 3.8) is 0 Å². The van der Waals surface area contributed by atoms with Gasteiger partial charge in [-0.1, -0.05) is 64.4 Å². The van der Waals surface area contributed by atoms with E-state index >= 15 is 0 Å². The molecule has 0 saturated carbocycles. The van der Waals surface area contributed by atoms with E-state index in [2.05, 4.69) is 13.5 Å². The Hall–Kier alpha value is -3.26. The monoisotopic (exact) mass is 620 g/mol. The Kier molecular flexibility index (Phi) is 17.4. The van der Waals surface area contributed by atoms with E-state index in [0.29, 0.717) is 29.2 Å². The zero-order valence-corrected chi connectivity index (χ0v) is 26.5. The molecule has 2 aromatic rings. The molecule has 0 aliphatic heterocycles. The predicted molar refractivity (Wildman–Crippen MR) is 168 cm³/mol. The molecule has 1 atom stereocenters. The molecule has 0 spiro atoms. The Balaban J connectivity index is 0.000000790. The molecule has 10 heteroatoms. The van der Waals surface area contributed by atoms with Gasteiger partial charge in [-0.15, -0.1) is 0 Å². The minimum atomic E-state index is -4.70. The first-order chi connectivity index (χ1) is 20.4. The van der Waals surface area contributed by atoms with Gasteiger partial charge in [0.1, 0.15) is 5.75 Å². The quantitative estimate of drug-likeness (QED) is 0.157. The van der Waals surface area contributed by atoms with Crippen LogP contribution in [0.5, 0.6) is 17.2 Å². The molecule has 2 N–H and O–H groups in total. The lowest BCUT2D eigenvalue weighted by atomic mass is 10.1. The van der Waals surface area contributed by atoms with Crippen LogP contribution in [0.15, 0.2) is 53.5 Å². The van der Waals surface area contributed by atoms with Gasteiger partial charge in [0, 0.05) is 24.0 Å². The molecule has 2 rings (SSSR count). The number of rotatable bonds is 15. The summed E-state index contributed by atoms with van der Waals surface area (Å²) < 4.78 is 56.4. The summed E-state index contributed by atoms with van der Waals surface area (Å²) in [4.78, 5) is 13.0. The highest BCUT2D eigenvalue weighted by molar-refractivity contribution is 8.17. The van der Waals surface area contributed by atoms with Gasteiger partial charge >= 0.3 is 6.18 Å². The highest BCUT2D eigenvalue weighted by Crippen LogP contribution is 2.41. The van der Waals surface area contributed by atoms with Crippen molar-refractivity contribution >= 4 is 23.0 Å². The van der Waals surface area contributed by atoms with E-state index in [9.17, 15) is 18.0 Å². The molecule has 0 bridgehead atoms. The van der Waals surface area contributed by atoms with E-state index in [4.69, 9.17) is 25.2 Å². The summed E-state index contributed by atoms with van der Waals surface area (Å²) in [6, 6.07) is 9.51. The van der Waals surface area contributed by atoms with E-state index in [1.807, 2.05) is 13.8 Å². The number of allylic oxidation sites excluding steroid dienone is 1. The van der Waals surface area contributed by atoms with Gasteiger partial charge in [-0.25, -0.2) is 0 Å². The van der Waals surface area contributed by atoms with Crippen molar-refractivity contribution in [1.82, 2.24) is 0 Å². The van der Waals surface area contributed by atoms with Gasteiger partial charge in [0.25, 0.3) is 0 Å². The molecule has 0 radical (unpaired) electrons. The van der Waals surface area contributed by atoms with Crippen molar-refractivity contribution in [3.05, 3.63) is 70.1 Å². The summed E-state index contributed by atoms with van der Waals surface area (Å²) in [5, 5.41) is 8.95. The first-order valence-corrected chi connectivity index (χ1v) is 15.1. The number of unbranched alkanes of at least 4 members (excludes halogenated alkanes) is 3. The number of methoxy groups -OCH3 is 1. The second kappa shape index (κ2) is 19.8. The minimum Gasteiger partial charge on any atom is -0.493 e. The molecular weight excluding hydrogens is 577 g/mol. The second-order valence-electron chi connectivity index (χ2n) is 9.81. The molecule has 0 aliphatic carbocycles. The van der Waals surface area contributed by atoms with Crippen molar-refractivity contribution in [2.45, 2.75) is 66.0 Å². The number of benzene rings is 2. The normalized spacial score (nSPS) is 12.0. The lowest BCUT2D eigenvalue weighted by molar-refractivity contribution is -0.138. The lowest BCUT2D eigenvalue weighted by Gasteiger charge is -2.16. The number of halogens is 3. The largest absolute Gasteiger partial charge is 0.493 e. The Morgan fingerprint density at radius 1 is 1.09 bits per heavy atom. The molecule has 2 aromatic carbocycles. The van der Waals surface area contributed by atoms with Gasteiger partial charge in [0.2, 0.25) is 0 Å². The minimum absolute atomic E-state index is 0.0270. The van der Waals surface area contributed by atoms with Crippen LogP contribution < -0.4 is 15.2 Å². The van der Waals surface area contributed by atoms with Crippen LogP contribution in [0.2, 0.25) is 0 Å². The van der Waals surface area contributed by atoms with Gasteiger partial charge < -0.3 is 19.9 Å². The fraction of sp³-hybridized carbons (Fsp3) is 0.455. The Labute approximate surface area is 258 Å². The molecule has 0 aromatic heterocycles. The first kappa shape index (κ1) is 37.8. The summed E-state index contributed by atoms with van der Waals surface area (Å²) in [6.45, 7) is 14.0. The molecule has 1 unspecified atom stereocenters. The molecular formula is C33H43F3N2O4S. The number of carbonyl (C=O) groups excluding carboxylic acids is 1. The molecule has 0 saturated heterocycles. The average molecular weight is 621 g/mol. The highest BCUT2D eigenvalue weighted by atomic mass is 32.2. The SMILES string of the molecule is C=C(C)/C(=C/c1ccc(Oc2ccc(C#N)cc2C(F)(F)F)c(OC)c1)SC(=O)C(C)CC.CCCCCCOCCN.